The Hall–Kier alpha value is -2.65. The van der Waals surface area contributed by atoms with Crippen molar-refractivity contribution >= 4 is 16.5 Å². The molecule has 0 N–H and O–H groups in total. The molecule has 3 aromatic carbocycles. The van der Waals surface area contributed by atoms with E-state index in [4.69, 9.17) is 4.43 Å². The summed E-state index contributed by atoms with van der Waals surface area (Å²) in [6, 6.07) is 29.1. The fourth-order valence-corrected chi connectivity index (χ4v) is 3.15. The van der Waals surface area contributed by atoms with Gasteiger partial charge in [0.25, 0.3) is 0 Å². The topological polar surface area (TPSA) is 26.3 Å². The number of carbonyl (C=O) groups is 1. The number of hydrogen-bond acceptors (Lipinski definition) is 2. The van der Waals surface area contributed by atoms with Crippen molar-refractivity contribution in [2.24, 2.45) is 0 Å². The molecule has 0 atom stereocenters. The Kier molecular flexibility index (Phi) is 4.39. The molecule has 0 aliphatic heterocycles. The first-order valence-corrected chi connectivity index (χ1v) is 7.75. The van der Waals surface area contributed by atoms with E-state index in [0.29, 0.717) is 0 Å². The molecule has 0 aromatic heterocycles. The van der Waals surface area contributed by atoms with Gasteiger partial charge in [0.05, 0.1) is 0 Å². The standard InChI is InChI=1S/C20H15O2Si/c21-19(22-23)20(16-10-4-1-5-11-16,17-12-6-2-7-13-17)18-14-8-3-9-15-18/h1-15H. The van der Waals surface area contributed by atoms with Crippen LogP contribution in [0.15, 0.2) is 91.0 Å². The molecule has 0 spiro atoms. The van der Waals surface area contributed by atoms with Gasteiger partial charge in [-0.05, 0) is 16.7 Å². The van der Waals surface area contributed by atoms with E-state index in [1.807, 2.05) is 91.0 Å². The van der Waals surface area contributed by atoms with Crippen LogP contribution in [0.3, 0.4) is 0 Å². The van der Waals surface area contributed by atoms with E-state index in [9.17, 15) is 4.79 Å². The summed E-state index contributed by atoms with van der Waals surface area (Å²) in [7, 11) is 2.95. The van der Waals surface area contributed by atoms with Gasteiger partial charge in [-0.15, -0.1) is 0 Å². The van der Waals surface area contributed by atoms with Crippen molar-refractivity contribution in [2.75, 3.05) is 0 Å². The summed E-state index contributed by atoms with van der Waals surface area (Å²) in [5.41, 5.74) is 1.56. The molecule has 0 saturated carbocycles. The smallest absolute Gasteiger partial charge is 0.345 e. The van der Waals surface area contributed by atoms with Crippen LogP contribution in [-0.4, -0.2) is 16.5 Å². The number of carbonyl (C=O) groups excluding carboxylic acids is 1. The summed E-state index contributed by atoms with van der Waals surface area (Å²) in [6.07, 6.45) is 0. The zero-order valence-electron chi connectivity index (χ0n) is 12.5. The van der Waals surface area contributed by atoms with Gasteiger partial charge in [0, 0.05) is 0 Å². The highest BCUT2D eigenvalue weighted by molar-refractivity contribution is 6.09. The van der Waals surface area contributed by atoms with Crippen LogP contribution in [0.4, 0.5) is 0 Å². The highest BCUT2D eigenvalue weighted by atomic mass is 28.2. The van der Waals surface area contributed by atoms with Crippen LogP contribution in [0.1, 0.15) is 16.7 Å². The first-order valence-electron chi connectivity index (χ1n) is 7.34. The molecule has 3 rings (SSSR count). The third-order valence-corrected chi connectivity index (χ3v) is 4.20. The Morgan fingerprint density at radius 2 is 0.957 bits per heavy atom. The molecule has 3 radical (unpaired) electrons. The van der Waals surface area contributed by atoms with Crippen LogP contribution >= 0.6 is 0 Å². The van der Waals surface area contributed by atoms with Crippen LogP contribution in [-0.2, 0) is 14.6 Å². The lowest BCUT2D eigenvalue weighted by Gasteiger charge is -2.33. The summed E-state index contributed by atoms with van der Waals surface area (Å²) in [5.74, 6) is -0.377. The zero-order chi connectivity index (χ0) is 16.1. The van der Waals surface area contributed by atoms with Crippen molar-refractivity contribution in [1.29, 1.82) is 0 Å². The molecule has 2 nitrogen and oxygen atoms in total. The SMILES string of the molecule is O=C(O[Si])C(c1ccccc1)(c1ccccc1)c1ccccc1. The van der Waals surface area contributed by atoms with Gasteiger partial charge in [-0.1, -0.05) is 91.0 Å². The molecule has 111 valence electrons. The maximum absolute atomic E-state index is 13.0. The maximum Gasteiger partial charge on any atom is 0.345 e. The fourth-order valence-electron chi connectivity index (χ4n) is 2.99. The van der Waals surface area contributed by atoms with Gasteiger partial charge in [0.2, 0.25) is 0 Å². The predicted molar refractivity (Wildman–Crippen MR) is 91.1 cm³/mol. The van der Waals surface area contributed by atoms with E-state index in [0.717, 1.165) is 16.7 Å². The average Bonchev–Trinajstić information content (AvgIpc) is 2.65. The van der Waals surface area contributed by atoms with E-state index < -0.39 is 5.41 Å². The van der Waals surface area contributed by atoms with Gasteiger partial charge >= 0.3 is 16.5 Å². The van der Waals surface area contributed by atoms with Crippen molar-refractivity contribution in [1.82, 2.24) is 0 Å². The Balaban J connectivity index is 2.38. The summed E-state index contributed by atoms with van der Waals surface area (Å²) < 4.78 is 5.05. The Bertz CT molecular complexity index is 674. The van der Waals surface area contributed by atoms with Gasteiger partial charge in [-0.2, -0.15) is 0 Å². The maximum atomic E-state index is 13.0. The quantitative estimate of drug-likeness (QED) is 0.543. The van der Waals surface area contributed by atoms with Crippen LogP contribution in [0.5, 0.6) is 0 Å². The van der Waals surface area contributed by atoms with Crippen LogP contribution in [0, 0.1) is 0 Å². The van der Waals surface area contributed by atoms with Crippen LogP contribution < -0.4 is 0 Å². The molecule has 0 aliphatic rings. The predicted octanol–water partition coefficient (Wildman–Crippen LogP) is 3.65. The molecular formula is C20H15O2Si. The average molecular weight is 315 g/mol. The van der Waals surface area contributed by atoms with Gasteiger partial charge in [0.15, 0.2) is 0 Å². The number of rotatable bonds is 4. The van der Waals surface area contributed by atoms with E-state index >= 15 is 0 Å². The molecule has 3 aromatic rings. The van der Waals surface area contributed by atoms with Crippen molar-refractivity contribution in [2.45, 2.75) is 5.41 Å². The second-order valence-corrected chi connectivity index (χ2v) is 5.44. The molecule has 0 amide bonds. The molecule has 0 aliphatic carbocycles. The van der Waals surface area contributed by atoms with Crippen molar-refractivity contribution < 1.29 is 9.22 Å². The van der Waals surface area contributed by atoms with Crippen LogP contribution in [0.2, 0.25) is 0 Å². The zero-order valence-corrected chi connectivity index (χ0v) is 13.5. The largest absolute Gasteiger partial charge is 0.515 e. The lowest BCUT2D eigenvalue weighted by atomic mass is 9.69. The minimum absolute atomic E-state index is 0.377. The van der Waals surface area contributed by atoms with Crippen molar-refractivity contribution in [3.63, 3.8) is 0 Å². The van der Waals surface area contributed by atoms with Gasteiger partial charge in [-0.25, -0.2) is 0 Å². The molecule has 0 unspecified atom stereocenters. The molecular weight excluding hydrogens is 300 g/mol. The lowest BCUT2D eigenvalue weighted by Crippen LogP contribution is -2.39. The number of benzene rings is 3. The Morgan fingerprint density at radius 3 is 1.22 bits per heavy atom. The Morgan fingerprint density at radius 1 is 0.652 bits per heavy atom. The molecule has 3 heteroatoms. The van der Waals surface area contributed by atoms with Crippen LogP contribution in [0.25, 0.3) is 0 Å². The second-order valence-electron chi connectivity index (χ2n) is 5.24. The third kappa shape index (κ3) is 2.60. The molecule has 0 heterocycles. The third-order valence-electron chi connectivity index (χ3n) is 4.02. The van der Waals surface area contributed by atoms with Gasteiger partial charge < -0.3 is 4.43 Å². The minimum Gasteiger partial charge on any atom is -0.515 e. The fraction of sp³-hybridized carbons (Fsp3) is 0.0500. The highest BCUT2D eigenvalue weighted by Crippen LogP contribution is 2.40. The number of hydrogen-bond donors (Lipinski definition) is 0. The molecule has 0 saturated heterocycles. The summed E-state index contributed by atoms with van der Waals surface area (Å²) in [4.78, 5) is 13.0. The monoisotopic (exact) mass is 315 g/mol. The molecule has 0 bridgehead atoms. The van der Waals surface area contributed by atoms with E-state index in [-0.39, 0.29) is 5.97 Å². The first kappa shape index (κ1) is 15.3. The summed E-state index contributed by atoms with van der Waals surface area (Å²) in [6.45, 7) is 0. The molecule has 23 heavy (non-hydrogen) atoms. The van der Waals surface area contributed by atoms with Crippen molar-refractivity contribution in [3.05, 3.63) is 108 Å². The minimum atomic E-state index is -1.02. The van der Waals surface area contributed by atoms with Gasteiger partial charge in [0.1, 0.15) is 5.41 Å². The lowest BCUT2D eigenvalue weighted by molar-refractivity contribution is -0.137. The van der Waals surface area contributed by atoms with E-state index in [1.165, 1.54) is 0 Å². The van der Waals surface area contributed by atoms with E-state index in [2.05, 4.69) is 10.5 Å². The summed E-state index contributed by atoms with van der Waals surface area (Å²) in [5, 5.41) is 0. The van der Waals surface area contributed by atoms with E-state index in [1.54, 1.807) is 0 Å². The second kappa shape index (κ2) is 6.63. The normalized spacial score (nSPS) is 11.0. The highest BCUT2D eigenvalue weighted by Gasteiger charge is 2.44. The summed E-state index contributed by atoms with van der Waals surface area (Å²) >= 11 is 0. The first-order chi connectivity index (χ1) is 11.3. The van der Waals surface area contributed by atoms with Gasteiger partial charge in [-0.3, -0.25) is 4.79 Å². The Labute approximate surface area is 139 Å². The van der Waals surface area contributed by atoms with Crippen molar-refractivity contribution in [3.8, 4) is 0 Å². The molecule has 0 fully saturated rings.